The number of likely N-dealkylation sites (N-methyl/N-ethyl adjacent to an activating group) is 1. The van der Waals surface area contributed by atoms with E-state index in [0.717, 1.165) is 18.6 Å². The Bertz CT molecular complexity index is 332. The number of nitrogens with zero attached hydrogens (tertiary/aromatic N) is 1. The Morgan fingerprint density at radius 1 is 1.37 bits per heavy atom. The molecule has 0 fully saturated rings. The van der Waals surface area contributed by atoms with Crippen molar-refractivity contribution in [2.45, 2.75) is 57.8 Å². The summed E-state index contributed by atoms with van der Waals surface area (Å²) in [5.41, 5.74) is 0. The summed E-state index contributed by atoms with van der Waals surface area (Å²) in [5, 5.41) is 9.70. The van der Waals surface area contributed by atoms with Gasteiger partial charge in [-0.25, -0.2) is 0 Å². The summed E-state index contributed by atoms with van der Waals surface area (Å²) in [6, 6.07) is 0.290. The second kappa shape index (κ2) is 5.98. The SMILES string of the molecule is CN(C)C1C=C(O[Si](C)(C)C(C)(C)C)CCC1CO. The molecular formula is C15H31NO2Si. The molecule has 0 spiro atoms. The summed E-state index contributed by atoms with van der Waals surface area (Å²) in [6.45, 7) is 11.6. The van der Waals surface area contributed by atoms with Crippen LogP contribution in [0.4, 0.5) is 0 Å². The van der Waals surface area contributed by atoms with E-state index in [1.54, 1.807) is 0 Å². The van der Waals surface area contributed by atoms with Gasteiger partial charge in [-0.1, -0.05) is 20.8 Å². The fourth-order valence-electron chi connectivity index (χ4n) is 2.24. The molecule has 0 saturated heterocycles. The molecule has 0 saturated carbocycles. The predicted octanol–water partition coefficient (Wildman–Crippen LogP) is 3.22. The zero-order chi connectivity index (χ0) is 14.8. The van der Waals surface area contributed by atoms with Gasteiger partial charge < -0.3 is 14.4 Å². The van der Waals surface area contributed by atoms with Crippen molar-refractivity contribution < 1.29 is 9.53 Å². The predicted molar refractivity (Wildman–Crippen MR) is 83.6 cm³/mol. The first-order valence-corrected chi connectivity index (χ1v) is 10.2. The van der Waals surface area contributed by atoms with Crippen LogP contribution in [0.25, 0.3) is 0 Å². The van der Waals surface area contributed by atoms with Crippen molar-refractivity contribution in [3.05, 3.63) is 11.8 Å². The standard InChI is InChI=1S/C15H31NO2Si/c1-15(2,3)19(6,7)18-13-9-8-12(11-17)14(10-13)16(4)5/h10,12,14,17H,8-9,11H2,1-7H3. The summed E-state index contributed by atoms with van der Waals surface area (Å²) in [6.07, 6.45) is 4.20. The third kappa shape index (κ3) is 4.07. The molecule has 2 unspecified atom stereocenters. The van der Waals surface area contributed by atoms with Crippen LogP contribution in [-0.2, 0) is 4.43 Å². The first-order valence-electron chi connectivity index (χ1n) is 7.25. The Balaban J connectivity index is 2.85. The third-order valence-electron chi connectivity index (χ3n) is 4.62. The van der Waals surface area contributed by atoms with E-state index in [-0.39, 0.29) is 11.6 Å². The fraction of sp³-hybridized carbons (Fsp3) is 0.867. The van der Waals surface area contributed by atoms with Gasteiger partial charge >= 0.3 is 0 Å². The van der Waals surface area contributed by atoms with E-state index >= 15 is 0 Å². The molecule has 3 nitrogen and oxygen atoms in total. The highest BCUT2D eigenvalue weighted by atomic mass is 28.4. The molecule has 0 bridgehead atoms. The van der Waals surface area contributed by atoms with Gasteiger partial charge in [0.15, 0.2) is 0 Å². The smallest absolute Gasteiger partial charge is 0.250 e. The van der Waals surface area contributed by atoms with Crippen molar-refractivity contribution in [2.24, 2.45) is 5.92 Å². The first-order chi connectivity index (χ1) is 8.58. The molecule has 0 aromatic rings. The average Bonchev–Trinajstić information content (AvgIpc) is 2.26. The van der Waals surface area contributed by atoms with Crippen molar-refractivity contribution in [3.8, 4) is 0 Å². The molecule has 1 aliphatic rings. The quantitative estimate of drug-likeness (QED) is 0.805. The minimum Gasteiger partial charge on any atom is -0.547 e. The molecule has 112 valence electrons. The van der Waals surface area contributed by atoms with E-state index in [4.69, 9.17) is 4.43 Å². The summed E-state index contributed by atoms with van der Waals surface area (Å²) in [7, 11) is 2.40. The zero-order valence-corrected chi connectivity index (χ0v) is 14.7. The van der Waals surface area contributed by atoms with Gasteiger partial charge in [0.25, 0.3) is 0 Å². The summed E-state index contributed by atoms with van der Waals surface area (Å²) < 4.78 is 6.41. The van der Waals surface area contributed by atoms with Crippen LogP contribution in [0.1, 0.15) is 33.6 Å². The minimum absolute atomic E-state index is 0.231. The first kappa shape index (κ1) is 16.7. The van der Waals surface area contributed by atoms with E-state index < -0.39 is 8.32 Å². The number of aliphatic hydroxyl groups excluding tert-OH is 1. The zero-order valence-electron chi connectivity index (χ0n) is 13.7. The lowest BCUT2D eigenvalue weighted by Gasteiger charge is -2.40. The van der Waals surface area contributed by atoms with E-state index in [1.165, 1.54) is 0 Å². The maximum Gasteiger partial charge on any atom is 0.250 e. The van der Waals surface area contributed by atoms with Crippen molar-refractivity contribution in [3.63, 3.8) is 0 Å². The van der Waals surface area contributed by atoms with E-state index in [9.17, 15) is 5.11 Å². The average molecular weight is 286 g/mol. The van der Waals surface area contributed by atoms with Crippen LogP contribution >= 0.6 is 0 Å². The number of rotatable bonds is 4. The van der Waals surface area contributed by atoms with E-state index in [1.807, 2.05) is 0 Å². The molecule has 2 atom stereocenters. The van der Waals surface area contributed by atoms with Gasteiger partial charge in [-0.3, -0.25) is 0 Å². The molecule has 1 N–H and O–H groups in total. The summed E-state index contributed by atoms with van der Waals surface area (Å²) in [4.78, 5) is 2.18. The maximum absolute atomic E-state index is 9.47. The summed E-state index contributed by atoms with van der Waals surface area (Å²) >= 11 is 0. The molecule has 4 heteroatoms. The Hall–Kier alpha value is -0.323. The van der Waals surface area contributed by atoms with Crippen molar-refractivity contribution in [2.75, 3.05) is 20.7 Å². The lowest BCUT2D eigenvalue weighted by atomic mass is 9.88. The number of hydrogen-bond donors (Lipinski definition) is 1. The second-order valence-electron chi connectivity index (χ2n) is 7.43. The van der Waals surface area contributed by atoms with Crippen molar-refractivity contribution in [1.82, 2.24) is 4.90 Å². The number of aliphatic hydroxyl groups is 1. The van der Waals surface area contributed by atoms with Gasteiger partial charge in [0.1, 0.15) is 0 Å². The van der Waals surface area contributed by atoms with Crippen LogP contribution in [0.5, 0.6) is 0 Å². The Morgan fingerprint density at radius 2 is 1.95 bits per heavy atom. The van der Waals surface area contributed by atoms with Gasteiger partial charge in [-0.2, -0.15) is 0 Å². The molecule has 1 rings (SSSR count). The van der Waals surface area contributed by atoms with Crippen molar-refractivity contribution in [1.29, 1.82) is 0 Å². The van der Waals surface area contributed by atoms with Gasteiger partial charge in [-0.05, 0) is 44.7 Å². The molecule has 0 aromatic carbocycles. The van der Waals surface area contributed by atoms with Crippen LogP contribution in [0.3, 0.4) is 0 Å². The Kier molecular flexibility index (Phi) is 5.26. The molecule has 0 aliphatic heterocycles. The second-order valence-corrected chi connectivity index (χ2v) is 12.2. The van der Waals surface area contributed by atoms with Gasteiger partial charge in [0.2, 0.25) is 8.32 Å². The van der Waals surface area contributed by atoms with Crippen LogP contribution in [0.2, 0.25) is 18.1 Å². The van der Waals surface area contributed by atoms with Crippen LogP contribution in [-0.4, -0.2) is 45.1 Å². The molecule has 1 aliphatic carbocycles. The van der Waals surface area contributed by atoms with Crippen LogP contribution in [0.15, 0.2) is 11.8 Å². The lowest BCUT2D eigenvalue weighted by molar-refractivity contribution is 0.136. The van der Waals surface area contributed by atoms with Crippen LogP contribution < -0.4 is 0 Å². The number of hydrogen-bond acceptors (Lipinski definition) is 3. The molecule has 0 aromatic heterocycles. The topological polar surface area (TPSA) is 32.7 Å². The van der Waals surface area contributed by atoms with Gasteiger partial charge in [0.05, 0.1) is 5.76 Å². The highest BCUT2D eigenvalue weighted by molar-refractivity contribution is 6.74. The third-order valence-corrected chi connectivity index (χ3v) is 9.01. The Morgan fingerprint density at radius 3 is 2.37 bits per heavy atom. The molecule has 0 heterocycles. The number of allylic oxidation sites excluding steroid dienone is 1. The highest BCUT2D eigenvalue weighted by Crippen LogP contribution is 2.39. The Labute approximate surface area is 119 Å². The van der Waals surface area contributed by atoms with Crippen LogP contribution in [0, 0.1) is 5.92 Å². The van der Waals surface area contributed by atoms with E-state index in [2.05, 4.69) is 58.9 Å². The molecule has 0 amide bonds. The van der Waals surface area contributed by atoms with Gasteiger partial charge in [-0.15, -0.1) is 0 Å². The van der Waals surface area contributed by atoms with Gasteiger partial charge in [0, 0.05) is 25.0 Å². The largest absolute Gasteiger partial charge is 0.547 e. The minimum atomic E-state index is -1.74. The molecule has 19 heavy (non-hydrogen) atoms. The lowest BCUT2D eigenvalue weighted by Crippen LogP contribution is -2.43. The molecular weight excluding hydrogens is 254 g/mol. The fourth-order valence-corrected chi connectivity index (χ4v) is 3.38. The highest BCUT2D eigenvalue weighted by Gasteiger charge is 2.40. The maximum atomic E-state index is 9.47. The van der Waals surface area contributed by atoms with E-state index in [0.29, 0.717) is 12.0 Å². The summed E-state index contributed by atoms with van der Waals surface area (Å²) in [5.74, 6) is 1.47. The monoisotopic (exact) mass is 285 g/mol. The van der Waals surface area contributed by atoms with Crippen molar-refractivity contribution >= 4 is 8.32 Å². The molecule has 0 radical (unpaired) electrons. The normalized spacial score (nSPS) is 25.4.